The Kier molecular flexibility index (Phi) is 4.87. The van der Waals surface area contributed by atoms with Crippen LogP contribution in [-0.4, -0.2) is 58.6 Å². The summed E-state index contributed by atoms with van der Waals surface area (Å²) in [4.78, 5) is 39.8. The number of aryl methyl sites for hydroxylation is 2. The van der Waals surface area contributed by atoms with Crippen molar-refractivity contribution >= 4 is 27.5 Å². The lowest BCUT2D eigenvalue weighted by molar-refractivity contribution is 0.0625. The van der Waals surface area contributed by atoms with Crippen LogP contribution < -0.4 is 15.0 Å². The predicted octanol–water partition coefficient (Wildman–Crippen LogP) is 2.55. The molecular weight excluding hydrogens is 428 g/mol. The minimum absolute atomic E-state index is 0.0000627. The van der Waals surface area contributed by atoms with Crippen LogP contribution in [0.3, 0.4) is 0 Å². The molecule has 1 saturated heterocycles. The van der Waals surface area contributed by atoms with Crippen molar-refractivity contribution in [2.75, 3.05) is 33.0 Å². The Hall–Kier alpha value is -2.91. The Balaban J connectivity index is 1.13. The van der Waals surface area contributed by atoms with E-state index in [4.69, 9.17) is 14.5 Å². The lowest BCUT2D eigenvalue weighted by atomic mass is 9.97. The van der Waals surface area contributed by atoms with E-state index in [-0.39, 0.29) is 18.3 Å². The zero-order valence-electron chi connectivity index (χ0n) is 17.7. The molecule has 1 aromatic carbocycles. The third-order valence-electron chi connectivity index (χ3n) is 6.53. The number of H-pyrrole nitrogens is 1. The second-order valence-electron chi connectivity index (χ2n) is 8.54. The molecule has 1 amide bonds. The van der Waals surface area contributed by atoms with Crippen LogP contribution in [0.2, 0.25) is 0 Å². The molecule has 1 fully saturated rings. The SMILES string of the molecule is O=C(c1ccc2c(c1)OCO2)N1CCN(Cc2nc3sc4c(c3c(=O)[nH]2)CCCC4)CC1. The molecular formula is C23H24N4O4S. The molecule has 0 unspecified atom stereocenters. The first kappa shape index (κ1) is 19.8. The second kappa shape index (κ2) is 7.90. The average molecular weight is 453 g/mol. The zero-order chi connectivity index (χ0) is 21.7. The molecule has 0 saturated carbocycles. The molecule has 0 radical (unpaired) electrons. The molecule has 8 nitrogen and oxygen atoms in total. The van der Waals surface area contributed by atoms with Crippen LogP contribution in [0.25, 0.3) is 10.2 Å². The Labute approximate surface area is 188 Å². The number of nitrogens with one attached hydrogen (secondary N) is 1. The number of hydrogen-bond acceptors (Lipinski definition) is 7. The van der Waals surface area contributed by atoms with Gasteiger partial charge in [-0.1, -0.05) is 0 Å². The third-order valence-corrected chi connectivity index (χ3v) is 7.71. The van der Waals surface area contributed by atoms with Crippen molar-refractivity contribution in [2.24, 2.45) is 0 Å². The van der Waals surface area contributed by atoms with Crippen molar-refractivity contribution in [3.8, 4) is 11.5 Å². The number of rotatable bonds is 3. The van der Waals surface area contributed by atoms with E-state index in [9.17, 15) is 9.59 Å². The Morgan fingerprint density at radius 1 is 1.09 bits per heavy atom. The molecule has 0 spiro atoms. The normalized spacial score (nSPS) is 18.2. The molecule has 1 aliphatic carbocycles. The Bertz CT molecular complexity index is 1260. The van der Waals surface area contributed by atoms with E-state index in [1.807, 2.05) is 4.90 Å². The number of thiophene rings is 1. The van der Waals surface area contributed by atoms with Gasteiger partial charge in [0.2, 0.25) is 6.79 Å². The van der Waals surface area contributed by atoms with Gasteiger partial charge in [-0.2, -0.15) is 0 Å². The number of hydrogen-bond donors (Lipinski definition) is 1. The first-order valence-electron chi connectivity index (χ1n) is 11.1. The number of fused-ring (bicyclic) bond motifs is 4. The van der Waals surface area contributed by atoms with Gasteiger partial charge < -0.3 is 19.4 Å². The standard InChI is InChI=1S/C23H24N4O4S/c28-21-20-15-3-1-2-4-18(15)32-22(20)25-19(24-21)12-26-7-9-27(10-8-26)23(29)14-5-6-16-17(11-14)31-13-30-16/h5-6,11H,1-4,7-10,12-13H2,(H,24,25,28). The topological polar surface area (TPSA) is 87.8 Å². The van der Waals surface area contributed by atoms with Crippen molar-refractivity contribution in [1.29, 1.82) is 0 Å². The van der Waals surface area contributed by atoms with E-state index in [0.717, 1.165) is 42.6 Å². The number of carbonyl (C=O) groups is 1. The summed E-state index contributed by atoms with van der Waals surface area (Å²) in [7, 11) is 0. The van der Waals surface area contributed by atoms with Gasteiger partial charge in [0.25, 0.3) is 11.5 Å². The summed E-state index contributed by atoms with van der Waals surface area (Å²) in [6.07, 6.45) is 4.39. The maximum atomic E-state index is 12.9. The van der Waals surface area contributed by atoms with Crippen LogP contribution in [-0.2, 0) is 19.4 Å². The first-order chi connectivity index (χ1) is 15.7. The summed E-state index contributed by atoms with van der Waals surface area (Å²) < 4.78 is 10.7. The summed E-state index contributed by atoms with van der Waals surface area (Å²) >= 11 is 1.68. The van der Waals surface area contributed by atoms with Crippen LogP contribution >= 0.6 is 11.3 Å². The Morgan fingerprint density at radius 2 is 1.91 bits per heavy atom. The first-order valence-corrected chi connectivity index (χ1v) is 11.9. The highest BCUT2D eigenvalue weighted by Gasteiger charge is 2.25. The maximum absolute atomic E-state index is 12.9. The number of benzene rings is 1. The van der Waals surface area contributed by atoms with Crippen molar-refractivity contribution in [2.45, 2.75) is 32.2 Å². The lowest BCUT2D eigenvalue weighted by Crippen LogP contribution is -2.48. The lowest BCUT2D eigenvalue weighted by Gasteiger charge is -2.34. The quantitative estimate of drug-likeness (QED) is 0.657. The van der Waals surface area contributed by atoms with Crippen LogP contribution in [0.5, 0.6) is 11.5 Å². The van der Waals surface area contributed by atoms with Gasteiger partial charge in [0, 0.05) is 36.6 Å². The minimum Gasteiger partial charge on any atom is -0.454 e. The highest BCUT2D eigenvalue weighted by atomic mass is 32.1. The Morgan fingerprint density at radius 3 is 2.78 bits per heavy atom. The fourth-order valence-electron chi connectivity index (χ4n) is 4.82. The number of amides is 1. The summed E-state index contributed by atoms with van der Waals surface area (Å²) in [6.45, 7) is 3.51. The number of aromatic amines is 1. The molecule has 4 heterocycles. The number of piperazine rings is 1. The van der Waals surface area contributed by atoms with Gasteiger partial charge in [-0.15, -0.1) is 11.3 Å². The van der Waals surface area contributed by atoms with E-state index >= 15 is 0 Å². The van der Waals surface area contributed by atoms with Crippen molar-refractivity contribution in [3.05, 3.63) is 50.4 Å². The van der Waals surface area contributed by atoms with E-state index in [2.05, 4.69) is 9.88 Å². The average Bonchev–Trinajstić information content (AvgIpc) is 3.43. The molecule has 2 aromatic heterocycles. The van der Waals surface area contributed by atoms with Gasteiger partial charge in [0.05, 0.1) is 11.9 Å². The number of carbonyl (C=O) groups excluding carboxylic acids is 1. The predicted molar refractivity (Wildman–Crippen MR) is 121 cm³/mol. The molecule has 6 rings (SSSR count). The van der Waals surface area contributed by atoms with Crippen molar-refractivity contribution in [1.82, 2.24) is 19.8 Å². The monoisotopic (exact) mass is 452 g/mol. The van der Waals surface area contributed by atoms with Gasteiger partial charge in [0.15, 0.2) is 11.5 Å². The zero-order valence-corrected chi connectivity index (χ0v) is 18.5. The molecule has 9 heteroatoms. The maximum Gasteiger partial charge on any atom is 0.259 e. The van der Waals surface area contributed by atoms with Gasteiger partial charge in [-0.25, -0.2) is 4.98 Å². The minimum atomic E-state index is -0.0129. The summed E-state index contributed by atoms with van der Waals surface area (Å²) in [5, 5.41) is 0.799. The molecule has 32 heavy (non-hydrogen) atoms. The summed E-state index contributed by atoms with van der Waals surface area (Å²) in [5.74, 6) is 2.00. The van der Waals surface area contributed by atoms with E-state index in [1.165, 1.54) is 16.9 Å². The van der Waals surface area contributed by atoms with E-state index < -0.39 is 0 Å². The molecule has 2 aliphatic heterocycles. The number of nitrogens with zero attached hydrogens (tertiary/aromatic N) is 3. The molecule has 3 aromatic rings. The highest BCUT2D eigenvalue weighted by Crippen LogP contribution is 2.34. The molecule has 3 aliphatic rings. The van der Waals surface area contributed by atoms with E-state index in [1.54, 1.807) is 29.5 Å². The summed E-state index contributed by atoms with van der Waals surface area (Å²) in [5.41, 5.74) is 1.81. The van der Waals surface area contributed by atoms with Gasteiger partial charge in [-0.05, 0) is 49.4 Å². The fraction of sp³-hybridized carbons (Fsp3) is 0.435. The highest BCUT2D eigenvalue weighted by molar-refractivity contribution is 7.18. The van der Waals surface area contributed by atoms with Crippen molar-refractivity contribution in [3.63, 3.8) is 0 Å². The van der Waals surface area contributed by atoms with E-state index in [0.29, 0.717) is 42.5 Å². The fourth-order valence-corrected chi connectivity index (χ4v) is 6.10. The second-order valence-corrected chi connectivity index (χ2v) is 9.62. The number of ether oxygens (including phenoxy) is 2. The van der Waals surface area contributed by atoms with Crippen LogP contribution in [0.1, 0.15) is 39.5 Å². The molecule has 0 bridgehead atoms. The third kappa shape index (κ3) is 3.45. The van der Waals surface area contributed by atoms with Gasteiger partial charge in [-0.3, -0.25) is 14.5 Å². The van der Waals surface area contributed by atoms with Gasteiger partial charge >= 0.3 is 0 Å². The number of aromatic nitrogens is 2. The molecule has 0 atom stereocenters. The van der Waals surface area contributed by atoms with Crippen LogP contribution in [0, 0.1) is 0 Å². The molecule has 1 N–H and O–H groups in total. The van der Waals surface area contributed by atoms with Crippen LogP contribution in [0.15, 0.2) is 23.0 Å². The molecule has 166 valence electrons. The van der Waals surface area contributed by atoms with Crippen molar-refractivity contribution < 1.29 is 14.3 Å². The summed E-state index contributed by atoms with van der Waals surface area (Å²) in [6, 6.07) is 5.32. The smallest absolute Gasteiger partial charge is 0.259 e. The van der Waals surface area contributed by atoms with Crippen LogP contribution in [0.4, 0.5) is 0 Å². The largest absolute Gasteiger partial charge is 0.454 e. The van der Waals surface area contributed by atoms with Gasteiger partial charge in [0.1, 0.15) is 10.7 Å².